The van der Waals surface area contributed by atoms with Gasteiger partial charge in [0.1, 0.15) is 16.5 Å². The number of benzene rings is 2. The van der Waals surface area contributed by atoms with Crippen molar-refractivity contribution in [3.8, 4) is 22.1 Å². The number of rotatable bonds is 9. The number of hydrogen-bond donors (Lipinski definition) is 0. The maximum atomic E-state index is 12.0. The fourth-order valence-electron chi connectivity index (χ4n) is 2.87. The first-order valence-corrected chi connectivity index (χ1v) is 10.8. The summed E-state index contributed by atoms with van der Waals surface area (Å²) in [6.45, 7) is 8.11. The summed E-state index contributed by atoms with van der Waals surface area (Å²) in [6, 6.07) is 17.4. The van der Waals surface area contributed by atoms with E-state index < -0.39 is 5.60 Å². The van der Waals surface area contributed by atoms with E-state index in [-0.39, 0.29) is 5.97 Å². The van der Waals surface area contributed by atoms with Crippen molar-refractivity contribution in [2.45, 2.75) is 39.7 Å². The molecule has 30 heavy (non-hydrogen) atoms. The Morgan fingerprint density at radius 3 is 2.37 bits per heavy atom. The third kappa shape index (κ3) is 5.60. The first-order chi connectivity index (χ1) is 14.4. The van der Waals surface area contributed by atoms with Gasteiger partial charge in [-0.15, -0.1) is 11.3 Å². The zero-order valence-corrected chi connectivity index (χ0v) is 18.6. The molecule has 3 rings (SSSR count). The smallest absolute Gasteiger partial charge is 0.349 e. The fourth-order valence-corrected chi connectivity index (χ4v) is 3.84. The third-order valence-corrected chi connectivity index (χ3v) is 5.55. The molecule has 0 bridgehead atoms. The molecule has 0 aliphatic heterocycles. The molecule has 0 unspecified atom stereocenters. The van der Waals surface area contributed by atoms with Crippen LogP contribution in [-0.4, -0.2) is 29.8 Å². The molecule has 0 fully saturated rings. The van der Waals surface area contributed by atoms with E-state index in [2.05, 4.69) is 19.1 Å². The highest BCUT2D eigenvalue weighted by molar-refractivity contribution is 7.15. The summed E-state index contributed by atoms with van der Waals surface area (Å²) in [5, 5.41) is 1.04. The summed E-state index contributed by atoms with van der Waals surface area (Å²) in [7, 11) is 0. The van der Waals surface area contributed by atoms with Gasteiger partial charge in [0.15, 0.2) is 5.60 Å². The van der Waals surface area contributed by atoms with Crippen molar-refractivity contribution < 1.29 is 19.0 Å². The van der Waals surface area contributed by atoms with Crippen LogP contribution < -0.4 is 9.47 Å². The van der Waals surface area contributed by atoms with Crippen LogP contribution in [0.4, 0.5) is 0 Å². The third-order valence-electron chi connectivity index (χ3n) is 4.48. The van der Waals surface area contributed by atoms with Gasteiger partial charge in [-0.2, -0.15) is 0 Å². The molecule has 5 nitrogen and oxygen atoms in total. The highest BCUT2D eigenvalue weighted by Crippen LogP contribution is 2.28. The van der Waals surface area contributed by atoms with Gasteiger partial charge in [-0.3, -0.25) is 0 Å². The molecule has 0 saturated heterocycles. The lowest BCUT2D eigenvalue weighted by Gasteiger charge is -2.24. The molecule has 158 valence electrons. The van der Waals surface area contributed by atoms with Crippen LogP contribution in [0.15, 0.2) is 54.6 Å². The number of hydrogen-bond acceptors (Lipinski definition) is 6. The molecule has 0 radical (unpaired) electrons. The molecule has 6 heteroatoms. The van der Waals surface area contributed by atoms with E-state index in [0.29, 0.717) is 19.0 Å². The second-order valence-corrected chi connectivity index (χ2v) is 8.49. The number of esters is 1. The molecular formula is C24H27NO4S. The van der Waals surface area contributed by atoms with Crippen molar-refractivity contribution in [1.29, 1.82) is 0 Å². The number of carbonyl (C=O) groups excluding carboxylic acids is 1. The molecule has 0 aliphatic rings. The van der Waals surface area contributed by atoms with Crippen LogP contribution in [0.25, 0.3) is 10.6 Å². The first kappa shape index (κ1) is 21.8. The molecule has 0 spiro atoms. The maximum Gasteiger partial charge on any atom is 0.349 e. The van der Waals surface area contributed by atoms with E-state index in [1.165, 1.54) is 4.88 Å². The van der Waals surface area contributed by atoms with Crippen LogP contribution in [0, 0.1) is 6.92 Å². The van der Waals surface area contributed by atoms with Crippen LogP contribution in [0.1, 0.15) is 31.3 Å². The van der Waals surface area contributed by atoms with E-state index >= 15 is 0 Å². The van der Waals surface area contributed by atoms with Gasteiger partial charge in [-0.05, 0) is 52.0 Å². The van der Waals surface area contributed by atoms with Gasteiger partial charge in [0, 0.05) is 16.9 Å². The zero-order valence-electron chi connectivity index (χ0n) is 17.8. The maximum absolute atomic E-state index is 12.0. The summed E-state index contributed by atoms with van der Waals surface area (Å²) in [5.74, 6) is 0.939. The molecule has 0 N–H and O–H groups in total. The zero-order chi connectivity index (χ0) is 21.6. The van der Waals surface area contributed by atoms with Gasteiger partial charge in [0.2, 0.25) is 0 Å². The predicted octanol–water partition coefficient (Wildman–Crippen LogP) is 5.46. The van der Waals surface area contributed by atoms with E-state index in [0.717, 1.165) is 28.4 Å². The summed E-state index contributed by atoms with van der Waals surface area (Å²) in [5.41, 5.74) is 1.16. The van der Waals surface area contributed by atoms with Crippen LogP contribution in [0.2, 0.25) is 0 Å². The SMILES string of the molecule is CCOC(=O)C(C)(C)Oc1ccc(OCCc2nc(-c3ccccc3)sc2C)cc1. The van der Waals surface area contributed by atoms with Crippen LogP contribution in [-0.2, 0) is 16.0 Å². The molecule has 0 amide bonds. The number of nitrogens with zero attached hydrogens (tertiary/aromatic N) is 1. The number of thiazole rings is 1. The highest BCUT2D eigenvalue weighted by Gasteiger charge is 2.31. The second-order valence-electron chi connectivity index (χ2n) is 7.29. The molecule has 0 aliphatic carbocycles. The second kappa shape index (κ2) is 9.76. The topological polar surface area (TPSA) is 57.7 Å². The Labute approximate surface area is 181 Å². The summed E-state index contributed by atoms with van der Waals surface area (Å²) < 4.78 is 16.7. The first-order valence-electron chi connectivity index (χ1n) is 10.00. The Hall–Kier alpha value is -2.86. The van der Waals surface area contributed by atoms with E-state index in [4.69, 9.17) is 19.2 Å². The van der Waals surface area contributed by atoms with E-state index in [9.17, 15) is 4.79 Å². The standard InChI is InChI=1S/C24H27NO4S/c1-5-27-23(26)24(3,4)29-20-13-11-19(12-14-20)28-16-15-21-17(2)30-22(25-21)18-9-7-6-8-10-18/h6-14H,5,15-16H2,1-4H3. The lowest BCUT2D eigenvalue weighted by atomic mass is 10.1. The van der Waals surface area contributed by atoms with Crippen molar-refractivity contribution in [2.24, 2.45) is 0 Å². The Bertz CT molecular complexity index is 965. The summed E-state index contributed by atoms with van der Waals surface area (Å²) in [4.78, 5) is 17.9. The molecular weight excluding hydrogens is 398 g/mol. The minimum Gasteiger partial charge on any atom is -0.493 e. The van der Waals surface area contributed by atoms with Crippen LogP contribution >= 0.6 is 11.3 Å². The number of ether oxygens (including phenoxy) is 3. The minimum atomic E-state index is -1.04. The summed E-state index contributed by atoms with van der Waals surface area (Å²) in [6.07, 6.45) is 0.739. The molecule has 2 aromatic carbocycles. The molecule has 1 heterocycles. The van der Waals surface area contributed by atoms with Gasteiger partial charge in [0.25, 0.3) is 0 Å². The number of carbonyl (C=O) groups is 1. The highest BCUT2D eigenvalue weighted by atomic mass is 32.1. The quantitative estimate of drug-likeness (QED) is 0.426. The normalized spacial score (nSPS) is 11.2. The van der Waals surface area contributed by atoms with Crippen molar-refractivity contribution >= 4 is 17.3 Å². The van der Waals surface area contributed by atoms with E-state index in [1.807, 2.05) is 30.3 Å². The average molecular weight is 426 g/mol. The number of aryl methyl sites for hydroxylation is 1. The van der Waals surface area contributed by atoms with Gasteiger partial charge in [-0.25, -0.2) is 9.78 Å². The van der Waals surface area contributed by atoms with Crippen molar-refractivity contribution in [3.63, 3.8) is 0 Å². The average Bonchev–Trinajstić information content (AvgIpc) is 3.10. The minimum absolute atomic E-state index is 0.323. The molecule has 3 aromatic rings. The van der Waals surface area contributed by atoms with Crippen molar-refractivity contribution in [2.75, 3.05) is 13.2 Å². The van der Waals surface area contributed by atoms with Gasteiger partial charge >= 0.3 is 5.97 Å². The Balaban J connectivity index is 1.54. The Kier molecular flexibility index (Phi) is 7.11. The van der Waals surface area contributed by atoms with Crippen LogP contribution in [0.3, 0.4) is 0 Å². The fraction of sp³-hybridized carbons (Fsp3) is 0.333. The lowest BCUT2D eigenvalue weighted by molar-refractivity contribution is -0.158. The van der Waals surface area contributed by atoms with Crippen LogP contribution in [0.5, 0.6) is 11.5 Å². The Morgan fingerprint density at radius 1 is 1.03 bits per heavy atom. The van der Waals surface area contributed by atoms with E-state index in [1.54, 1.807) is 44.2 Å². The predicted molar refractivity (Wildman–Crippen MR) is 119 cm³/mol. The van der Waals surface area contributed by atoms with Crippen molar-refractivity contribution in [1.82, 2.24) is 4.98 Å². The van der Waals surface area contributed by atoms with Crippen molar-refractivity contribution in [3.05, 3.63) is 65.2 Å². The van der Waals surface area contributed by atoms with Gasteiger partial charge in [0.05, 0.1) is 18.9 Å². The lowest BCUT2D eigenvalue weighted by Crippen LogP contribution is -2.39. The Morgan fingerprint density at radius 2 is 1.70 bits per heavy atom. The van der Waals surface area contributed by atoms with Gasteiger partial charge < -0.3 is 14.2 Å². The van der Waals surface area contributed by atoms with Gasteiger partial charge in [-0.1, -0.05) is 30.3 Å². The largest absolute Gasteiger partial charge is 0.493 e. The number of aromatic nitrogens is 1. The monoisotopic (exact) mass is 425 g/mol. The molecule has 0 atom stereocenters. The summed E-state index contributed by atoms with van der Waals surface area (Å²) >= 11 is 1.71. The molecule has 1 aromatic heterocycles. The molecule has 0 saturated carbocycles.